The molecule has 0 radical (unpaired) electrons. The first kappa shape index (κ1) is 14.9. The molecule has 0 amide bonds. The van der Waals surface area contributed by atoms with Gasteiger partial charge in [-0.3, -0.25) is 10.1 Å². The zero-order valence-corrected chi connectivity index (χ0v) is 12.1. The molecule has 0 aliphatic rings. The number of pyridine rings is 1. The second-order valence-corrected chi connectivity index (χ2v) is 4.62. The van der Waals surface area contributed by atoms with Gasteiger partial charge in [0.2, 0.25) is 0 Å². The van der Waals surface area contributed by atoms with Crippen molar-refractivity contribution in [3.8, 4) is 11.4 Å². The summed E-state index contributed by atoms with van der Waals surface area (Å²) in [7, 11) is 0. The van der Waals surface area contributed by atoms with Crippen molar-refractivity contribution >= 4 is 11.5 Å². The molecule has 1 N–H and O–H groups in total. The van der Waals surface area contributed by atoms with Crippen molar-refractivity contribution in [1.82, 2.24) is 20.0 Å². The number of nitrogens with one attached hydrogen (secondary N) is 1. The van der Waals surface area contributed by atoms with Gasteiger partial charge in [0.05, 0.1) is 22.9 Å². The van der Waals surface area contributed by atoms with Crippen molar-refractivity contribution in [2.75, 3.05) is 11.9 Å². The lowest BCUT2D eigenvalue weighted by Crippen LogP contribution is -2.06. The number of rotatable bonds is 7. The number of hydrogen-bond donors (Lipinski definition) is 1. The molecule has 0 atom stereocenters. The van der Waals surface area contributed by atoms with E-state index >= 15 is 0 Å². The summed E-state index contributed by atoms with van der Waals surface area (Å²) in [4.78, 5) is 15.1. The van der Waals surface area contributed by atoms with Crippen molar-refractivity contribution in [2.45, 2.75) is 33.2 Å². The third-order valence-corrected chi connectivity index (χ3v) is 2.89. The van der Waals surface area contributed by atoms with Gasteiger partial charge in [-0.1, -0.05) is 19.1 Å². The zero-order chi connectivity index (χ0) is 15.2. The summed E-state index contributed by atoms with van der Waals surface area (Å²) >= 11 is 0. The van der Waals surface area contributed by atoms with Gasteiger partial charge in [-0.2, -0.15) is 0 Å². The molecule has 21 heavy (non-hydrogen) atoms. The van der Waals surface area contributed by atoms with Gasteiger partial charge in [0, 0.05) is 19.2 Å². The molecule has 0 fully saturated rings. The maximum Gasteiger partial charge on any atom is 0.275 e. The third-order valence-electron chi connectivity index (χ3n) is 2.89. The molecule has 0 aliphatic carbocycles. The molecule has 8 heteroatoms. The highest BCUT2D eigenvalue weighted by atomic mass is 16.6. The Morgan fingerprint density at radius 3 is 2.81 bits per heavy atom. The van der Waals surface area contributed by atoms with Crippen LogP contribution in [0.25, 0.3) is 11.4 Å². The molecule has 0 aromatic carbocycles. The summed E-state index contributed by atoms with van der Waals surface area (Å²) in [6.07, 6.45) is 3.38. The normalized spacial score (nSPS) is 10.6. The van der Waals surface area contributed by atoms with Gasteiger partial charge in [-0.05, 0) is 12.8 Å². The Morgan fingerprint density at radius 2 is 2.14 bits per heavy atom. The van der Waals surface area contributed by atoms with Crippen LogP contribution in [0.4, 0.5) is 11.5 Å². The predicted octanol–water partition coefficient (Wildman–Crippen LogP) is 2.48. The number of aromatic nitrogens is 4. The molecule has 8 nitrogen and oxygen atoms in total. The summed E-state index contributed by atoms with van der Waals surface area (Å²) < 4.78 is 1.70. The number of anilines is 1. The van der Waals surface area contributed by atoms with E-state index in [9.17, 15) is 10.1 Å². The summed E-state index contributed by atoms with van der Waals surface area (Å²) in [5.74, 6) is 0.491. The van der Waals surface area contributed by atoms with E-state index in [2.05, 4.69) is 20.6 Å². The van der Waals surface area contributed by atoms with E-state index in [1.807, 2.05) is 13.8 Å². The molecule has 2 aromatic heterocycles. The standard InChI is InChI=1S/C13H18N6O2/c1-3-5-14-13-8-10(19(20)21)7-11(16-13)12-9-15-17-18(12)6-4-2/h7-9H,3-6H2,1-2H3,(H,14,16). The molecule has 2 heterocycles. The lowest BCUT2D eigenvalue weighted by molar-refractivity contribution is -0.384. The fourth-order valence-electron chi connectivity index (χ4n) is 1.93. The molecule has 0 spiro atoms. The monoisotopic (exact) mass is 290 g/mol. The molecule has 0 unspecified atom stereocenters. The van der Waals surface area contributed by atoms with Gasteiger partial charge in [0.15, 0.2) is 0 Å². The van der Waals surface area contributed by atoms with Crippen molar-refractivity contribution in [2.24, 2.45) is 0 Å². The van der Waals surface area contributed by atoms with E-state index < -0.39 is 4.92 Å². The van der Waals surface area contributed by atoms with Crippen LogP contribution in [0.3, 0.4) is 0 Å². The molecule has 0 aliphatic heterocycles. The topological polar surface area (TPSA) is 98.8 Å². The van der Waals surface area contributed by atoms with E-state index in [0.29, 0.717) is 30.3 Å². The number of nitrogens with zero attached hydrogens (tertiary/aromatic N) is 5. The summed E-state index contributed by atoms with van der Waals surface area (Å²) in [6, 6.07) is 2.88. The van der Waals surface area contributed by atoms with Crippen LogP contribution in [-0.2, 0) is 6.54 Å². The Morgan fingerprint density at radius 1 is 1.33 bits per heavy atom. The number of hydrogen-bond acceptors (Lipinski definition) is 6. The summed E-state index contributed by atoms with van der Waals surface area (Å²) in [5.41, 5.74) is 1.18. The summed E-state index contributed by atoms with van der Waals surface area (Å²) in [5, 5.41) is 22.0. The average molecular weight is 290 g/mol. The second-order valence-electron chi connectivity index (χ2n) is 4.62. The summed E-state index contributed by atoms with van der Waals surface area (Å²) in [6.45, 7) is 5.45. The molecule has 0 saturated carbocycles. The minimum atomic E-state index is -0.420. The lowest BCUT2D eigenvalue weighted by Gasteiger charge is -2.08. The van der Waals surface area contributed by atoms with E-state index in [4.69, 9.17) is 0 Å². The van der Waals surface area contributed by atoms with E-state index in [-0.39, 0.29) is 5.69 Å². The van der Waals surface area contributed by atoms with Gasteiger partial charge in [-0.15, -0.1) is 5.10 Å². The second kappa shape index (κ2) is 6.78. The van der Waals surface area contributed by atoms with Gasteiger partial charge in [0.25, 0.3) is 5.69 Å². The third kappa shape index (κ3) is 3.53. The van der Waals surface area contributed by atoms with Crippen LogP contribution in [-0.4, -0.2) is 31.4 Å². The van der Waals surface area contributed by atoms with Crippen molar-refractivity contribution in [3.63, 3.8) is 0 Å². The van der Waals surface area contributed by atoms with Crippen LogP contribution in [0.5, 0.6) is 0 Å². The van der Waals surface area contributed by atoms with Gasteiger partial charge < -0.3 is 5.32 Å². The van der Waals surface area contributed by atoms with Gasteiger partial charge in [0.1, 0.15) is 11.5 Å². The molecular formula is C13H18N6O2. The first-order chi connectivity index (χ1) is 10.2. The van der Waals surface area contributed by atoms with Crippen LogP contribution in [0, 0.1) is 10.1 Å². The largest absolute Gasteiger partial charge is 0.370 e. The first-order valence-electron chi connectivity index (χ1n) is 6.95. The maximum absolute atomic E-state index is 11.1. The highest BCUT2D eigenvalue weighted by Gasteiger charge is 2.15. The fourth-order valence-corrected chi connectivity index (χ4v) is 1.93. The molecule has 0 saturated heterocycles. The number of aryl methyl sites for hydroxylation is 1. The van der Waals surface area contributed by atoms with Crippen LogP contribution in [0.15, 0.2) is 18.3 Å². The lowest BCUT2D eigenvalue weighted by atomic mass is 10.2. The molecule has 2 rings (SSSR count). The highest BCUT2D eigenvalue weighted by molar-refractivity contribution is 5.61. The maximum atomic E-state index is 11.1. The van der Waals surface area contributed by atoms with Crippen molar-refractivity contribution in [3.05, 3.63) is 28.4 Å². The molecule has 112 valence electrons. The van der Waals surface area contributed by atoms with Gasteiger partial charge >= 0.3 is 0 Å². The van der Waals surface area contributed by atoms with Crippen LogP contribution in [0.2, 0.25) is 0 Å². The fraction of sp³-hybridized carbons (Fsp3) is 0.462. The molecule has 2 aromatic rings. The number of nitro groups is 1. The average Bonchev–Trinajstić information content (AvgIpc) is 2.93. The minimum absolute atomic E-state index is 0.00264. The Bertz CT molecular complexity index is 625. The smallest absolute Gasteiger partial charge is 0.275 e. The van der Waals surface area contributed by atoms with E-state index in [1.165, 1.54) is 12.1 Å². The Labute approximate surface area is 122 Å². The Hall–Kier alpha value is -2.51. The van der Waals surface area contributed by atoms with Crippen LogP contribution >= 0.6 is 0 Å². The Balaban J connectivity index is 2.43. The van der Waals surface area contributed by atoms with Gasteiger partial charge in [-0.25, -0.2) is 9.67 Å². The SMILES string of the molecule is CCCNc1cc([N+](=O)[O-])cc(-c2cnnn2CCC)n1. The quantitative estimate of drug-likeness (QED) is 0.621. The van der Waals surface area contributed by atoms with Crippen LogP contribution in [0.1, 0.15) is 26.7 Å². The van der Waals surface area contributed by atoms with Crippen LogP contribution < -0.4 is 5.32 Å². The Kier molecular flexibility index (Phi) is 4.81. The minimum Gasteiger partial charge on any atom is -0.370 e. The molecule has 0 bridgehead atoms. The first-order valence-corrected chi connectivity index (χ1v) is 6.95. The van der Waals surface area contributed by atoms with Crippen molar-refractivity contribution < 1.29 is 4.92 Å². The highest BCUT2D eigenvalue weighted by Crippen LogP contribution is 2.24. The van der Waals surface area contributed by atoms with Crippen molar-refractivity contribution in [1.29, 1.82) is 0 Å². The predicted molar refractivity (Wildman–Crippen MR) is 79.0 cm³/mol. The van der Waals surface area contributed by atoms with E-state index in [1.54, 1.807) is 10.9 Å². The zero-order valence-electron chi connectivity index (χ0n) is 12.1. The molecular weight excluding hydrogens is 272 g/mol. The van der Waals surface area contributed by atoms with E-state index in [0.717, 1.165) is 12.8 Å².